The van der Waals surface area contributed by atoms with E-state index in [0.29, 0.717) is 17.9 Å². The molecule has 3 aliphatic rings. The van der Waals surface area contributed by atoms with E-state index < -0.39 is 12.7 Å². The molecule has 0 bridgehead atoms. The lowest BCUT2D eigenvalue weighted by Gasteiger charge is -2.28. The lowest BCUT2D eigenvalue weighted by molar-refractivity contribution is 0.0754. The van der Waals surface area contributed by atoms with Crippen molar-refractivity contribution in [3.05, 3.63) is 52.6 Å². The van der Waals surface area contributed by atoms with Crippen molar-refractivity contribution >= 4 is 25.1 Å². The number of hydrogen-bond donors (Lipinski definition) is 3. The zero-order valence-corrected chi connectivity index (χ0v) is 15.7. The molecule has 1 aliphatic carbocycles. The fraction of sp³-hybridized carbons (Fsp3) is 0.368. The fourth-order valence-electron chi connectivity index (χ4n) is 3.88. The first-order valence-electron chi connectivity index (χ1n) is 9.07. The summed E-state index contributed by atoms with van der Waals surface area (Å²) >= 11 is 0. The number of aryl methyl sites for hydroxylation is 1. The minimum atomic E-state index is -0.914. The zero-order chi connectivity index (χ0) is 19.2. The van der Waals surface area contributed by atoms with Gasteiger partial charge >= 0.3 is 7.12 Å². The number of hydrogen-bond acceptors (Lipinski definition) is 6. The maximum atomic E-state index is 12.7. The van der Waals surface area contributed by atoms with Gasteiger partial charge < -0.3 is 19.9 Å². The Kier molecular flexibility index (Phi) is 4.32. The van der Waals surface area contributed by atoms with Crippen molar-refractivity contribution in [2.24, 2.45) is 11.0 Å². The molecule has 1 atom stereocenters. The summed E-state index contributed by atoms with van der Waals surface area (Å²) in [6.45, 7) is 6.49. The molecule has 0 aromatic heterocycles. The van der Waals surface area contributed by atoms with Crippen LogP contribution in [0.5, 0.6) is 0 Å². The quantitative estimate of drug-likeness (QED) is 0.709. The van der Waals surface area contributed by atoms with Crippen molar-refractivity contribution < 1.29 is 14.5 Å². The van der Waals surface area contributed by atoms with Crippen LogP contribution in [0.1, 0.15) is 36.2 Å². The molecule has 1 aromatic rings. The summed E-state index contributed by atoms with van der Waals surface area (Å²) in [4.78, 5) is 14.7. The molecule has 3 N–H and O–H groups in total. The van der Waals surface area contributed by atoms with E-state index in [0.717, 1.165) is 23.1 Å². The highest BCUT2D eigenvalue weighted by atomic mass is 16.5. The normalized spacial score (nSPS) is 22.9. The van der Waals surface area contributed by atoms with Gasteiger partial charge in [-0.1, -0.05) is 6.08 Å². The van der Waals surface area contributed by atoms with Gasteiger partial charge in [0.15, 0.2) is 0 Å². The predicted octanol–water partition coefficient (Wildman–Crippen LogP) is 1.69. The Balaban J connectivity index is 1.49. The van der Waals surface area contributed by atoms with E-state index in [4.69, 9.17) is 4.65 Å². The summed E-state index contributed by atoms with van der Waals surface area (Å²) < 4.78 is 5.64. The Hall–Kier alpha value is -2.58. The van der Waals surface area contributed by atoms with Crippen LogP contribution in [-0.2, 0) is 4.65 Å². The summed E-state index contributed by atoms with van der Waals surface area (Å²) in [6, 6.07) is 5.69. The Morgan fingerprint density at radius 1 is 1.48 bits per heavy atom. The van der Waals surface area contributed by atoms with Crippen LogP contribution in [0.2, 0.25) is 0 Å². The number of anilines is 1. The van der Waals surface area contributed by atoms with E-state index in [2.05, 4.69) is 15.8 Å². The van der Waals surface area contributed by atoms with Crippen LogP contribution in [0.3, 0.4) is 0 Å². The molecule has 1 fully saturated rings. The summed E-state index contributed by atoms with van der Waals surface area (Å²) in [5.41, 5.74) is 6.49. The average Bonchev–Trinajstić information content (AvgIpc) is 3.22. The van der Waals surface area contributed by atoms with Gasteiger partial charge in [0.2, 0.25) is 0 Å². The third-order valence-electron chi connectivity index (χ3n) is 5.41. The Bertz CT molecular complexity index is 878. The first-order valence-corrected chi connectivity index (χ1v) is 9.07. The van der Waals surface area contributed by atoms with Crippen LogP contribution in [0.15, 0.2) is 46.6 Å². The van der Waals surface area contributed by atoms with E-state index in [-0.39, 0.29) is 11.8 Å². The molecule has 0 saturated carbocycles. The van der Waals surface area contributed by atoms with Crippen LogP contribution in [0, 0.1) is 12.8 Å². The largest absolute Gasteiger partial charge is 0.487 e. The number of nitrogens with one attached hydrogen (secondary N) is 2. The van der Waals surface area contributed by atoms with E-state index in [1.807, 2.05) is 56.0 Å². The van der Waals surface area contributed by atoms with Crippen LogP contribution in [-0.4, -0.2) is 36.7 Å². The Morgan fingerprint density at radius 3 is 3.00 bits per heavy atom. The molecule has 1 amide bonds. The zero-order valence-electron chi connectivity index (χ0n) is 15.7. The van der Waals surface area contributed by atoms with E-state index in [9.17, 15) is 9.82 Å². The highest BCUT2D eigenvalue weighted by Crippen LogP contribution is 2.42. The number of carbonyl (C=O) groups is 1. The van der Waals surface area contributed by atoms with Gasteiger partial charge in [-0.3, -0.25) is 10.2 Å². The fourth-order valence-corrected chi connectivity index (χ4v) is 3.88. The molecule has 0 spiro atoms. The van der Waals surface area contributed by atoms with Crippen molar-refractivity contribution in [3.63, 3.8) is 0 Å². The SMILES string of the molecule is Cc1cc(N2C=NNC2)ccc1C(=O)NC1=CCC2C(=C1)B(O)OC2(C)C. The van der Waals surface area contributed by atoms with Crippen molar-refractivity contribution in [2.75, 3.05) is 11.6 Å². The number of fused-ring (bicyclic) bond motifs is 1. The second-order valence-corrected chi connectivity index (χ2v) is 7.65. The van der Waals surface area contributed by atoms with Gasteiger partial charge in [-0.2, -0.15) is 5.10 Å². The molecule has 7 nitrogen and oxygen atoms in total. The van der Waals surface area contributed by atoms with Crippen molar-refractivity contribution in [1.82, 2.24) is 10.7 Å². The molecule has 1 aromatic carbocycles. The predicted molar refractivity (Wildman–Crippen MR) is 105 cm³/mol. The molecule has 8 heteroatoms. The van der Waals surface area contributed by atoms with Crippen molar-refractivity contribution in [3.8, 4) is 0 Å². The second-order valence-electron chi connectivity index (χ2n) is 7.65. The molecular formula is C19H23BN4O3. The van der Waals surface area contributed by atoms with Gasteiger partial charge in [-0.05, 0) is 62.5 Å². The molecule has 0 radical (unpaired) electrons. The number of benzene rings is 1. The number of rotatable bonds is 3. The number of carbonyl (C=O) groups excluding carboxylic acids is 1. The molecule has 1 saturated heterocycles. The van der Waals surface area contributed by atoms with E-state index in [1.54, 1.807) is 6.34 Å². The van der Waals surface area contributed by atoms with Crippen LogP contribution >= 0.6 is 0 Å². The number of allylic oxidation sites excluding steroid dienone is 2. The standard InChI is InChI=1S/C19H23BN4O3/c1-12-8-14(24-10-21-22-11-24)5-6-15(12)18(25)23-13-4-7-16-17(9-13)20(26)27-19(16,2)3/h4-6,8-10,16,22,26H,7,11H2,1-3H3,(H,23,25). The first-order chi connectivity index (χ1) is 12.8. The summed E-state index contributed by atoms with van der Waals surface area (Å²) in [6.07, 6.45) is 6.28. The van der Waals surface area contributed by atoms with Gasteiger partial charge in [0.25, 0.3) is 5.91 Å². The lowest BCUT2D eigenvalue weighted by Crippen LogP contribution is -2.30. The molecule has 140 valence electrons. The monoisotopic (exact) mass is 366 g/mol. The molecule has 1 unspecified atom stereocenters. The minimum absolute atomic E-state index is 0.130. The molecule has 2 aliphatic heterocycles. The summed E-state index contributed by atoms with van der Waals surface area (Å²) in [5, 5.41) is 17.1. The maximum Gasteiger partial charge on any atom is 0.487 e. The first kappa shape index (κ1) is 17.8. The third-order valence-corrected chi connectivity index (χ3v) is 5.41. The molecule has 2 heterocycles. The van der Waals surface area contributed by atoms with E-state index >= 15 is 0 Å². The Morgan fingerprint density at radius 2 is 2.30 bits per heavy atom. The highest BCUT2D eigenvalue weighted by molar-refractivity contribution is 6.53. The summed E-state index contributed by atoms with van der Waals surface area (Å²) in [7, 11) is -0.914. The molecule has 4 rings (SSSR count). The Labute approximate surface area is 158 Å². The van der Waals surface area contributed by atoms with Gasteiger partial charge in [-0.15, -0.1) is 0 Å². The van der Waals surface area contributed by atoms with Crippen molar-refractivity contribution in [2.45, 2.75) is 32.8 Å². The second kappa shape index (κ2) is 6.54. The number of hydrazone groups is 1. The third kappa shape index (κ3) is 3.26. The van der Waals surface area contributed by atoms with Crippen LogP contribution < -0.4 is 15.6 Å². The highest BCUT2D eigenvalue weighted by Gasteiger charge is 2.48. The van der Waals surface area contributed by atoms with Gasteiger partial charge in [0.05, 0.1) is 5.60 Å². The summed E-state index contributed by atoms with van der Waals surface area (Å²) in [5.74, 6) is -0.0358. The number of nitrogens with zero attached hydrogens (tertiary/aromatic N) is 2. The van der Waals surface area contributed by atoms with E-state index in [1.165, 1.54) is 0 Å². The average molecular weight is 366 g/mol. The minimum Gasteiger partial charge on any atom is -0.423 e. The number of amides is 1. The maximum absolute atomic E-state index is 12.7. The van der Waals surface area contributed by atoms with Crippen molar-refractivity contribution in [1.29, 1.82) is 0 Å². The van der Waals surface area contributed by atoms with Crippen LogP contribution in [0.4, 0.5) is 5.69 Å². The molecular weight excluding hydrogens is 343 g/mol. The molecule has 27 heavy (non-hydrogen) atoms. The van der Waals surface area contributed by atoms with Gasteiger partial charge in [0, 0.05) is 22.9 Å². The smallest absolute Gasteiger partial charge is 0.423 e. The van der Waals surface area contributed by atoms with Gasteiger partial charge in [0.1, 0.15) is 13.0 Å². The topological polar surface area (TPSA) is 86.2 Å². The van der Waals surface area contributed by atoms with Crippen LogP contribution in [0.25, 0.3) is 0 Å². The lowest BCUT2D eigenvalue weighted by atomic mass is 9.69. The van der Waals surface area contributed by atoms with Gasteiger partial charge in [-0.25, -0.2) is 0 Å².